The molecule has 0 radical (unpaired) electrons. The number of halogens is 2. The van der Waals surface area contributed by atoms with E-state index in [-0.39, 0.29) is 25.4 Å². The maximum atomic E-state index is 12.9. The average molecular weight is 205 g/mol. The van der Waals surface area contributed by atoms with Gasteiger partial charge in [0, 0.05) is 25.4 Å². The number of nitrogens with two attached hydrogens (primary N) is 2. The van der Waals surface area contributed by atoms with E-state index in [4.69, 9.17) is 11.5 Å². The lowest BCUT2D eigenvalue weighted by Gasteiger charge is -2.03. The third-order valence-corrected chi connectivity index (χ3v) is 1.49. The van der Waals surface area contributed by atoms with Gasteiger partial charge in [0.05, 0.1) is 5.84 Å². The minimum atomic E-state index is -0.787. The molecule has 0 heterocycles. The summed E-state index contributed by atoms with van der Waals surface area (Å²) in [4.78, 5) is 3.75. The summed E-state index contributed by atoms with van der Waals surface area (Å²) in [6, 6.07) is -0.375. The van der Waals surface area contributed by atoms with Crippen molar-refractivity contribution in [2.45, 2.75) is 32.7 Å². The number of nitrogens with zero attached hydrogens (tertiary/aromatic N) is 1. The van der Waals surface area contributed by atoms with Crippen LogP contribution in [0.3, 0.4) is 0 Å². The summed E-state index contributed by atoms with van der Waals surface area (Å²) < 4.78 is 25.9. The van der Waals surface area contributed by atoms with Crippen molar-refractivity contribution >= 4 is 5.84 Å². The Balaban J connectivity index is 4.03. The topological polar surface area (TPSA) is 64.4 Å². The van der Waals surface area contributed by atoms with Crippen LogP contribution in [0.25, 0.3) is 0 Å². The highest BCUT2D eigenvalue weighted by Gasteiger charge is 2.07. The number of hydrogen-bond acceptors (Lipinski definition) is 2. The molecule has 0 aliphatic rings. The van der Waals surface area contributed by atoms with Crippen molar-refractivity contribution in [2.24, 2.45) is 16.5 Å². The summed E-state index contributed by atoms with van der Waals surface area (Å²) in [6.07, 6.45) is -0.135. The molecule has 0 aromatic heterocycles. The fourth-order valence-corrected chi connectivity index (χ4v) is 0.859. The van der Waals surface area contributed by atoms with Gasteiger partial charge in [-0.25, -0.2) is 8.78 Å². The van der Waals surface area contributed by atoms with Crippen molar-refractivity contribution in [3.8, 4) is 0 Å². The summed E-state index contributed by atoms with van der Waals surface area (Å²) in [5.41, 5.74) is 10.6. The Kier molecular flexibility index (Phi) is 6.03. The zero-order valence-corrected chi connectivity index (χ0v) is 8.56. The largest absolute Gasteiger partial charge is 0.388 e. The molecule has 0 amide bonds. The third kappa shape index (κ3) is 6.54. The standard InChI is InChI=1S/C9H17F2N3/c1-6(12)5-9(11)8(10)3-4-14-7(2)13/h6H,3-5,12H2,1-2H3,(H2,13,14)/b9-8+. The van der Waals surface area contributed by atoms with Gasteiger partial charge in [0.25, 0.3) is 0 Å². The molecule has 0 aromatic carbocycles. The number of hydrogen-bond donors (Lipinski definition) is 2. The molecule has 14 heavy (non-hydrogen) atoms. The summed E-state index contributed by atoms with van der Waals surface area (Å²) in [6.45, 7) is 3.38. The summed E-state index contributed by atoms with van der Waals surface area (Å²) in [5, 5.41) is 0. The SMILES string of the molecule is CC(N)=NCC/C(F)=C(\F)CC(C)N. The van der Waals surface area contributed by atoms with Crippen LogP contribution in [0.1, 0.15) is 26.7 Å². The van der Waals surface area contributed by atoms with Crippen LogP contribution in [0.4, 0.5) is 8.78 Å². The molecule has 0 rings (SSSR count). The molecule has 5 heteroatoms. The zero-order valence-electron chi connectivity index (χ0n) is 8.56. The average Bonchev–Trinajstić information content (AvgIpc) is 2.01. The van der Waals surface area contributed by atoms with Gasteiger partial charge in [0.2, 0.25) is 0 Å². The van der Waals surface area contributed by atoms with Crippen molar-refractivity contribution < 1.29 is 8.78 Å². The molecule has 0 aliphatic heterocycles. The molecule has 4 N–H and O–H groups in total. The van der Waals surface area contributed by atoms with E-state index in [1.54, 1.807) is 13.8 Å². The Morgan fingerprint density at radius 3 is 2.36 bits per heavy atom. The van der Waals surface area contributed by atoms with Crippen molar-refractivity contribution in [1.29, 1.82) is 0 Å². The van der Waals surface area contributed by atoms with Crippen LogP contribution < -0.4 is 11.5 Å². The molecule has 0 aromatic rings. The van der Waals surface area contributed by atoms with E-state index in [2.05, 4.69) is 4.99 Å². The fourth-order valence-electron chi connectivity index (χ4n) is 0.859. The molecule has 0 fully saturated rings. The molecular weight excluding hydrogens is 188 g/mol. The Morgan fingerprint density at radius 1 is 1.36 bits per heavy atom. The first-order valence-electron chi connectivity index (χ1n) is 4.48. The van der Waals surface area contributed by atoms with Crippen molar-refractivity contribution in [3.05, 3.63) is 11.7 Å². The maximum absolute atomic E-state index is 12.9. The van der Waals surface area contributed by atoms with Crippen molar-refractivity contribution in [3.63, 3.8) is 0 Å². The molecular formula is C9H17F2N3. The van der Waals surface area contributed by atoms with E-state index in [0.717, 1.165) is 0 Å². The molecule has 1 atom stereocenters. The lowest BCUT2D eigenvalue weighted by molar-refractivity contribution is 0.472. The van der Waals surface area contributed by atoms with Crippen LogP contribution >= 0.6 is 0 Å². The normalized spacial score (nSPS) is 16.5. The first-order valence-corrected chi connectivity index (χ1v) is 4.48. The highest BCUT2D eigenvalue weighted by molar-refractivity contribution is 5.77. The van der Waals surface area contributed by atoms with Crippen LogP contribution in [-0.4, -0.2) is 18.4 Å². The Bertz CT molecular complexity index is 230. The van der Waals surface area contributed by atoms with Gasteiger partial charge < -0.3 is 11.5 Å². The van der Waals surface area contributed by atoms with Crippen molar-refractivity contribution in [1.82, 2.24) is 0 Å². The third-order valence-electron chi connectivity index (χ3n) is 1.49. The summed E-state index contributed by atoms with van der Waals surface area (Å²) >= 11 is 0. The number of amidine groups is 1. The molecule has 0 bridgehead atoms. The molecule has 82 valence electrons. The van der Waals surface area contributed by atoms with E-state index in [1.807, 2.05) is 0 Å². The molecule has 0 spiro atoms. The predicted octanol–water partition coefficient (Wildman–Crippen LogP) is 1.64. The summed E-state index contributed by atoms with van der Waals surface area (Å²) in [7, 11) is 0. The Morgan fingerprint density at radius 2 is 1.93 bits per heavy atom. The van der Waals surface area contributed by atoms with Gasteiger partial charge in [-0.1, -0.05) is 0 Å². The van der Waals surface area contributed by atoms with E-state index >= 15 is 0 Å². The van der Waals surface area contributed by atoms with Crippen LogP contribution in [0.2, 0.25) is 0 Å². The minimum absolute atomic E-state index is 0.0624. The highest BCUT2D eigenvalue weighted by Crippen LogP contribution is 2.16. The van der Waals surface area contributed by atoms with Gasteiger partial charge in [-0.3, -0.25) is 4.99 Å². The second kappa shape index (κ2) is 6.48. The van der Waals surface area contributed by atoms with Gasteiger partial charge in [0.1, 0.15) is 11.7 Å². The van der Waals surface area contributed by atoms with E-state index < -0.39 is 11.7 Å². The van der Waals surface area contributed by atoms with E-state index in [0.29, 0.717) is 5.84 Å². The fraction of sp³-hybridized carbons (Fsp3) is 0.667. The maximum Gasteiger partial charge on any atom is 0.133 e. The van der Waals surface area contributed by atoms with Crippen LogP contribution in [0.15, 0.2) is 16.6 Å². The minimum Gasteiger partial charge on any atom is -0.388 e. The van der Waals surface area contributed by atoms with Gasteiger partial charge in [-0.2, -0.15) is 0 Å². The van der Waals surface area contributed by atoms with Crippen LogP contribution in [-0.2, 0) is 0 Å². The number of aliphatic imine (C=N–C) groups is 1. The van der Waals surface area contributed by atoms with Gasteiger partial charge in [-0.05, 0) is 13.8 Å². The van der Waals surface area contributed by atoms with E-state index in [1.165, 1.54) is 0 Å². The lowest BCUT2D eigenvalue weighted by Crippen LogP contribution is -2.14. The molecule has 0 aliphatic carbocycles. The van der Waals surface area contributed by atoms with Gasteiger partial charge in [-0.15, -0.1) is 0 Å². The molecule has 3 nitrogen and oxygen atoms in total. The predicted molar refractivity (Wildman–Crippen MR) is 54.3 cm³/mol. The van der Waals surface area contributed by atoms with Crippen LogP contribution in [0.5, 0.6) is 0 Å². The first kappa shape index (κ1) is 13.0. The summed E-state index contributed by atoms with van der Waals surface area (Å²) in [5.74, 6) is -1.21. The Hall–Kier alpha value is -0.970. The smallest absolute Gasteiger partial charge is 0.133 e. The number of rotatable bonds is 5. The van der Waals surface area contributed by atoms with Gasteiger partial charge in [0.15, 0.2) is 0 Å². The van der Waals surface area contributed by atoms with E-state index in [9.17, 15) is 8.78 Å². The lowest BCUT2D eigenvalue weighted by atomic mass is 10.2. The van der Waals surface area contributed by atoms with Crippen molar-refractivity contribution in [2.75, 3.05) is 6.54 Å². The monoisotopic (exact) mass is 205 g/mol. The zero-order chi connectivity index (χ0) is 11.1. The Labute approximate surface area is 82.9 Å². The quantitative estimate of drug-likeness (QED) is 0.529. The molecule has 1 unspecified atom stereocenters. The second-order valence-corrected chi connectivity index (χ2v) is 3.26. The molecule has 0 saturated carbocycles. The molecule has 0 saturated heterocycles. The first-order chi connectivity index (χ1) is 6.43. The van der Waals surface area contributed by atoms with Crippen LogP contribution in [0, 0.1) is 0 Å². The highest BCUT2D eigenvalue weighted by atomic mass is 19.2. The van der Waals surface area contributed by atoms with Gasteiger partial charge >= 0.3 is 0 Å². The second-order valence-electron chi connectivity index (χ2n) is 3.26.